The van der Waals surface area contributed by atoms with Crippen LogP contribution in [0, 0.1) is 0 Å². The second kappa shape index (κ2) is 9.22. The Morgan fingerprint density at radius 1 is 0.923 bits per heavy atom. The molecule has 7 heteroatoms. The predicted octanol–water partition coefficient (Wildman–Crippen LogP) is 2.45. The Bertz CT molecular complexity index is 788. The number of hydrogen-bond donors (Lipinski definition) is 3. The maximum absolute atomic E-state index is 12.0. The number of benzene rings is 2. The van der Waals surface area contributed by atoms with E-state index in [0.717, 1.165) is 0 Å². The highest BCUT2D eigenvalue weighted by molar-refractivity contribution is 5.97. The lowest BCUT2D eigenvalue weighted by Crippen LogP contribution is -2.36. The number of hydrogen-bond acceptors (Lipinski definition) is 4. The highest BCUT2D eigenvalue weighted by Crippen LogP contribution is 2.11. The topological polar surface area (TPSA) is 96.5 Å². The van der Waals surface area contributed by atoms with Gasteiger partial charge in [0.05, 0.1) is 7.11 Å². The molecule has 0 heterocycles. The molecule has 0 bridgehead atoms. The Morgan fingerprint density at radius 3 is 2.27 bits per heavy atom. The van der Waals surface area contributed by atoms with Gasteiger partial charge >= 0.3 is 6.03 Å². The lowest BCUT2D eigenvalue weighted by molar-refractivity contribution is 0.0953. The third-order valence-electron chi connectivity index (χ3n) is 3.58. The van der Waals surface area contributed by atoms with Crippen molar-refractivity contribution < 1.29 is 19.1 Å². The average Bonchev–Trinajstić information content (AvgIpc) is 2.65. The van der Waals surface area contributed by atoms with E-state index in [4.69, 9.17) is 4.74 Å². The first-order valence-electron chi connectivity index (χ1n) is 8.07. The molecule has 0 fully saturated rings. The maximum atomic E-state index is 12.0. The van der Waals surface area contributed by atoms with E-state index in [1.807, 2.05) is 0 Å². The minimum atomic E-state index is -0.413. The van der Waals surface area contributed by atoms with E-state index in [2.05, 4.69) is 16.0 Å². The molecule has 3 N–H and O–H groups in total. The number of rotatable bonds is 7. The molecule has 3 amide bonds. The maximum Gasteiger partial charge on any atom is 0.319 e. The van der Waals surface area contributed by atoms with Gasteiger partial charge in [0.25, 0.3) is 5.91 Å². The smallest absolute Gasteiger partial charge is 0.319 e. The summed E-state index contributed by atoms with van der Waals surface area (Å²) in [6, 6.07) is 13.0. The number of Topliss-reactive ketones (excluding diaryl/α,β-unsaturated/α-hetero) is 1. The highest BCUT2D eigenvalue weighted by Gasteiger charge is 2.06. The molecule has 0 radical (unpaired) electrons. The third kappa shape index (κ3) is 5.62. The van der Waals surface area contributed by atoms with Gasteiger partial charge in [-0.05, 0) is 43.3 Å². The quantitative estimate of drug-likeness (QED) is 0.525. The molecular weight excluding hydrogens is 334 g/mol. The number of amides is 3. The van der Waals surface area contributed by atoms with Gasteiger partial charge in [-0.2, -0.15) is 0 Å². The van der Waals surface area contributed by atoms with Crippen molar-refractivity contribution in [3.63, 3.8) is 0 Å². The van der Waals surface area contributed by atoms with E-state index < -0.39 is 6.03 Å². The lowest BCUT2D eigenvalue weighted by atomic mass is 10.1. The fourth-order valence-corrected chi connectivity index (χ4v) is 2.19. The number of anilines is 1. The van der Waals surface area contributed by atoms with Gasteiger partial charge in [0.2, 0.25) is 0 Å². The molecular formula is C19H21N3O4. The van der Waals surface area contributed by atoms with Crippen molar-refractivity contribution in [2.45, 2.75) is 6.92 Å². The lowest BCUT2D eigenvalue weighted by Gasteiger charge is -2.09. The van der Waals surface area contributed by atoms with Crippen LogP contribution in [-0.2, 0) is 0 Å². The molecule has 0 unspecified atom stereocenters. The SMILES string of the molecule is COc1ccc(C(=O)NCCNC(=O)Nc2cccc(C(C)=O)c2)cc1. The molecule has 2 aromatic carbocycles. The zero-order valence-corrected chi connectivity index (χ0v) is 14.7. The molecule has 0 saturated carbocycles. The van der Waals surface area contributed by atoms with Crippen molar-refractivity contribution in [3.05, 3.63) is 59.7 Å². The molecule has 26 heavy (non-hydrogen) atoms. The molecule has 0 saturated heterocycles. The summed E-state index contributed by atoms with van der Waals surface area (Å²) in [5.41, 5.74) is 1.56. The summed E-state index contributed by atoms with van der Waals surface area (Å²) < 4.78 is 5.04. The number of urea groups is 1. The summed E-state index contributed by atoms with van der Waals surface area (Å²) in [7, 11) is 1.56. The summed E-state index contributed by atoms with van der Waals surface area (Å²) >= 11 is 0. The van der Waals surface area contributed by atoms with Crippen LogP contribution >= 0.6 is 0 Å². The van der Waals surface area contributed by atoms with Crippen LogP contribution in [0.4, 0.5) is 10.5 Å². The van der Waals surface area contributed by atoms with E-state index >= 15 is 0 Å². The van der Waals surface area contributed by atoms with Crippen LogP contribution in [0.3, 0.4) is 0 Å². The van der Waals surface area contributed by atoms with Crippen molar-refractivity contribution in [3.8, 4) is 5.75 Å². The van der Waals surface area contributed by atoms with Gasteiger partial charge in [-0.3, -0.25) is 9.59 Å². The van der Waals surface area contributed by atoms with Gasteiger partial charge in [-0.1, -0.05) is 12.1 Å². The van der Waals surface area contributed by atoms with Crippen LogP contribution in [0.1, 0.15) is 27.6 Å². The standard InChI is InChI=1S/C19H21N3O4/c1-13(23)15-4-3-5-16(12-15)22-19(25)21-11-10-20-18(24)14-6-8-17(26-2)9-7-14/h3-9,12H,10-11H2,1-2H3,(H,20,24)(H2,21,22,25). The number of nitrogens with one attached hydrogen (secondary N) is 3. The average molecular weight is 355 g/mol. The zero-order chi connectivity index (χ0) is 18.9. The molecule has 0 aromatic heterocycles. The number of ketones is 1. The predicted molar refractivity (Wildman–Crippen MR) is 98.8 cm³/mol. The van der Waals surface area contributed by atoms with E-state index in [9.17, 15) is 14.4 Å². The van der Waals surface area contributed by atoms with Crippen molar-refractivity contribution >= 4 is 23.4 Å². The molecule has 0 aliphatic rings. The minimum absolute atomic E-state index is 0.0738. The molecule has 136 valence electrons. The number of ether oxygens (including phenoxy) is 1. The number of carbonyl (C=O) groups is 3. The van der Waals surface area contributed by atoms with Crippen LogP contribution in [-0.4, -0.2) is 37.9 Å². The Balaban J connectivity index is 1.73. The molecule has 2 aromatic rings. The van der Waals surface area contributed by atoms with Crippen LogP contribution < -0.4 is 20.7 Å². The molecule has 2 rings (SSSR count). The van der Waals surface area contributed by atoms with E-state index in [1.165, 1.54) is 6.92 Å². The zero-order valence-electron chi connectivity index (χ0n) is 14.7. The summed E-state index contributed by atoms with van der Waals surface area (Å²) in [4.78, 5) is 35.1. The Hall–Kier alpha value is -3.35. The Kier molecular flexibility index (Phi) is 6.73. The van der Waals surface area contributed by atoms with E-state index in [0.29, 0.717) is 22.6 Å². The van der Waals surface area contributed by atoms with Crippen LogP contribution in [0.25, 0.3) is 0 Å². The Morgan fingerprint density at radius 2 is 1.62 bits per heavy atom. The first-order valence-corrected chi connectivity index (χ1v) is 8.07. The number of carbonyl (C=O) groups excluding carboxylic acids is 3. The first-order chi connectivity index (χ1) is 12.5. The van der Waals surface area contributed by atoms with Gasteiger partial charge in [0.1, 0.15) is 5.75 Å². The molecule has 7 nitrogen and oxygen atoms in total. The summed E-state index contributed by atoms with van der Waals surface area (Å²) in [6.07, 6.45) is 0. The summed E-state index contributed by atoms with van der Waals surface area (Å²) in [5.74, 6) is 0.369. The van der Waals surface area contributed by atoms with Crippen molar-refractivity contribution in [1.29, 1.82) is 0 Å². The van der Waals surface area contributed by atoms with Gasteiger partial charge < -0.3 is 20.7 Å². The second-order valence-corrected chi connectivity index (χ2v) is 5.50. The largest absolute Gasteiger partial charge is 0.497 e. The fourth-order valence-electron chi connectivity index (χ4n) is 2.19. The van der Waals surface area contributed by atoms with Crippen molar-refractivity contribution in [1.82, 2.24) is 10.6 Å². The summed E-state index contributed by atoms with van der Waals surface area (Å²) in [6.45, 7) is 2.01. The third-order valence-corrected chi connectivity index (χ3v) is 3.58. The Labute approximate surface area is 151 Å². The van der Waals surface area contributed by atoms with Crippen LogP contribution in [0.2, 0.25) is 0 Å². The van der Waals surface area contributed by atoms with Gasteiger partial charge in [-0.25, -0.2) is 4.79 Å². The van der Waals surface area contributed by atoms with Crippen LogP contribution in [0.5, 0.6) is 5.75 Å². The molecule has 0 atom stereocenters. The monoisotopic (exact) mass is 355 g/mol. The summed E-state index contributed by atoms with van der Waals surface area (Å²) in [5, 5.41) is 7.99. The minimum Gasteiger partial charge on any atom is -0.497 e. The van der Waals surface area contributed by atoms with E-state index in [-0.39, 0.29) is 24.8 Å². The van der Waals surface area contributed by atoms with Crippen LogP contribution in [0.15, 0.2) is 48.5 Å². The molecule has 0 aliphatic carbocycles. The van der Waals surface area contributed by atoms with Gasteiger partial charge in [-0.15, -0.1) is 0 Å². The van der Waals surface area contributed by atoms with Crippen molar-refractivity contribution in [2.24, 2.45) is 0 Å². The van der Waals surface area contributed by atoms with E-state index in [1.54, 1.807) is 55.6 Å². The first kappa shape index (κ1) is 19.0. The molecule has 0 aliphatic heterocycles. The van der Waals surface area contributed by atoms with Crippen molar-refractivity contribution in [2.75, 3.05) is 25.5 Å². The normalized spacial score (nSPS) is 9.92. The van der Waals surface area contributed by atoms with Gasteiger partial charge in [0, 0.05) is 29.9 Å². The highest BCUT2D eigenvalue weighted by atomic mass is 16.5. The second-order valence-electron chi connectivity index (χ2n) is 5.50. The number of methoxy groups -OCH3 is 1. The van der Waals surface area contributed by atoms with Gasteiger partial charge in [0.15, 0.2) is 5.78 Å². The fraction of sp³-hybridized carbons (Fsp3) is 0.211. The molecule has 0 spiro atoms.